The second kappa shape index (κ2) is 9.74. The minimum atomic E-state index is -1.44. The van der Waals surface area contributed by atoms with E-state index in [2.05, 4.69) is 5.32 Å². The molecule has 0 unspecified atom stereocenters. The number of methoxy groups -OCH3 is 2. The number of hydrogen-bond acceptors (Lipinski definition) is 7. The molecule has 1 aromatic heterocycles. The van der Waals surface area contributed by atoms with E-state index in [-0.39, 0.29) is 24.0 Å². The van der Waals surface area contributed by atoms with Gasteiger partial charge in [-0.3, -0.25) is 4.79 Å². The maximum atomic E-state index is 12.6. The molecule has 0 fully saturated rings. The Morgan fingerprint density at radius 2 is 1.84 bits per heavy atom. The number of carbonyl (C=O) groups is 2. The third-order valence-corrected chi connectivity index (χ3v) is 5.33. The van der Waals surface area contributed by atoms with E-state index in [1.807, 2.05) is 0 Å². The zero-order valence-electron chi connectivity index (χ0n) is 17.7. The van der Waals surface area contributed by atoms with Gasteiger partial charge in [-0.25, -0.2) is 4.79 Å². The third-order valence-electron chi connectivity index (χ3n) is 5.08. The summed E-state index contributed by atoms with van der Waals surface area (Å²) in [6.45, 7) is 1.67. The van der Waals surface area contributed by atoms with Gasteiger partial charge >= 0.3 is 5.63 Å². The van der Waals surface area contributed by atoms with Crippen LogP contribution in [0.3, 0.4) is 0 Å². The van der Waals surface area contributed by atoms with Crippen LogP contribution in [0.2, 0.25) is 5.02 Å². The monoisotopic (exact) mass is 458 g/mol. The number of rotatable bonds is 8. The van der Waals surface area contributed by atoms with Gasteiger partial charge in [0.25, 0.3) is 0 Å². The highest BCUT2D eigenvalue weighted by Crippen LogP contribution is 2.33. The normalized spacial score (nSPS) is 11.8. The first kappa shape index (κ1) is 23.1. The highest BCUT2D eigenvalue weighted by molar-refractivity contribution is 6.30. The number of carbonyl (C=O) groups excluding carboxylic acids is 2. The molecule has 1 N–H and O–H groups in total. The van der Waals surface area contributed by atoms with Gasteiger partial charge in [-0.2, -0.15) is 0 Å². The molecule has 1 heterocycles. The lowest BCUT2D eigenvalue weighted by Gasteiger charge is -2.20. The average Bonchev–Trinajstić information content (AvgIpc) is 2.76. The molecule has 0 saturated carbocycles. The molecule has 0 saturated heterocycles. The molecule has 0 aliphatic carbocycles. The Bertz CT molecular complexity index is 1220. The number of amides is 1. The van der Waals surface area contributed by atoms with Gasteiger partial charge in [0.05, 0.1) is 43.6 Å². The topological polar surface area (TPSA) is 118 Å². The van der Waals surface area contributed by atoms with Crippen LogP contribution in [0, 0.1) is 6.92 Å². The predicted molar refractivity (Wildman–Crippen MR) is 116 cm³/mol. The number of aliphatic carboxylic acids is 1. The molecule has 2 aromatic carbocycles. The summed E-state index contributed by atoms with van der Waals surface area (Å²) in [6, 6.07) is 8.47. The van der Waals surface area contributed by atoms with Crippen LogP contribution in [0.4, 0.5) is 0 Å². The minimum Gasteiger partial charge on any atom is -0.548 e. The van der Waals surface area contributed by atoms with Crippen LogP contribution in [0.25, 0.3) is 11.0 Å². The van der Waals surface area contributed by atoms with Gasteiger partial charge in [0, 0.05) is 17.2 Å². The first-order chi connectivity index (χ1) is 15.2. The van der Waals surface area contributed by atoms with Crippen molar-refractivity contribution >= 4 is 34.4 Å². The Hall–Kier alpha value is -3.52. The highest BCUT2D eigenvalue weighted by atomic mass is 35.5. The van der Waals surface area contributed by atoms with E-state index in [1.165, 1.54) is 14.2 Å². The summed E-state index contributed by atoms with van der Waals surface area (Å²) in [5.74, 6) is -1.24. The smallest absolute Gasteiger partial charge is 0.340 e. The van der Waals surface area contributed by atoms with E-state index in [4.69, 9.17) is 25.5 Å². The summed E-state index contributed by atoms with van der Waals surface area (Å²) in [6.07, 6.45) is -0.367. The van der Waals surface area contributed by atoms with Crippen LogP contribution >= 0.6 is 11.6 Å². The molecular formula is C23H21ClNO7-. The molecule has 32 heavy (non-hydrogen) atoms. The lowest BCUT2D eigenvalue weighted by atomic mass is 10.0. The molecule has 9 heteroatoms. The van der Waals surface area contributed by atoms with Crippen molar-refractivity contribution in [3.05, 3.63) is 68.5 Å². The van der Waals surface area contributed by atoms with Crippen LogP contribution < -0.4 is 25.5 Å². The first-order valence-electron chi connectivity index (χ1n) is 9.66. The molecule has 1 atom stereocenters. The SMILES string of the molecule is COc1cc(OC)c2c(C)c(CC(=O)N[C@@H](Cc3ccc(Cl)cc3)C(=O)[O-])c(=O)oc2c1. The van der Waals surface area contributed by atoms with Crippen molar-refractivity contribution in [3.8, 4) is 11.5 Å². The molecule has 1 amide bonds. The number of carboxylic acids is 1. The van der Waals surface area contributed by atoms with E-state index < -0.39 is 23.5 Å². The molecule has 0 spiro atoms. The maximum absolute atomic E-state index is 12.6. The van der Waals surface area contributed by atoms with E-state index in [0.29, 0.717) is 33.0 Å². The minimum absolute atomic E-state index is 0.00414. The average molecular weight is 459 g/mol. The zero-order valence-corrected chi connectivity index (χ0v) is 18.4. The van der Waals surface area contributed by atoms with E-state index in [1.54, 1.807) is 43.3 Å². The number of carboxylic acid groups (broad SMARTS) is 1. The van der Waals surface area contributed by atoms with Gasteiger partial charge < -0.3 is 29.1 Å². The second-order valence-electron chi connectivity index (χ2n) is 7.14. The van der Waals surface area contributed by atoms with E-state index >= 15 is 0 Å². The Labute approximate surface area is 188 Å². The van der Waals surface area contributed by atoms with Gasteiger partial charge in [0.2, 0.25) is 5.91 Å². The molecule has 168 valence electrons. The van der Waals surface area contributed by atoms with Crippen LogP contribution in [0.5, 0.6) is 11.5 Å². The van der Waals surface area contributed by atoms with Crippen LogP contribution in [0.1, 0.15) is 16.7 Å². The number of hydrogen-bond donors (Lipinski definition) is 1. The van der Waals surface area contributed by atoms with E-state index in [0.717, 1.165) is 0 Å². The van der Waals surface area contributed by atoms with Gasteiger partial charge in [0.1, 0.15) is 17.1 Å². The lowest BCUT2D eigenvalue weighted by Crippen LogP contribution is -2.49. The van der Waals surface area contributed by atoms with Crippen molar-refractivity contribution < 1.29 is 28.6 Å². The summed E-state index contributed by atoms with van der Waals surface area (Å²) in [5, 5.41) is 15.0. The largest absolute Gasteiger partial charge is 0.548 e. The molecule has 0 radical (unpaired) electrons. The Kier molecular flexibility index (Phi) is 7.05. The van der Waals surface area contributed by atoms with Crippen LogP contribution in [0.15, 0.2) is 45.6 Å². The maximum Gasteiger partial charge on any atom is 0.340 e. The highest BCUT2D eigenvalue weighted by Gasteiger charge is 2.21. The predicted octanol–water partition coefficient (Wildman–Crippen LogP) is 1.79. The molecule has 0 bridgehead atoms. The van der Waals surface area contributed by atoms with Crippen molar-refractivity contribution in [1.29, 1.82) is 0 Å². The molecule has 0 aliphatic heterocycles. The molecule has 8 nitrogen and oxygen atoms in total. The van der Waals surface area contributed by atoms with Gasteiger partial charge in [-0.15, -0.1) is 0 Å². The van der Waals surface area contributed by atoms with Crippen molar-refractivity contribution in [2.24, 2.45) is 0 Å². The standard InChI is InChI=1S/C23H22ClNO7/c1-12-16(23(29)32-19-10-15(30-2)9-18(31-3)21(12)19)11-20(26)25-17(22(27)28)8-13-4-6-14(24)7-5-13/h4-7,9-10,17H,8,11H2,1-3H3,(H,25,26)(H,27,28)/p-1/t17-/m0/s1. The third kappa shape index (κ3) is 5.03. The van der Waals surface area contributed by atoms with Gasteiger partial charge in [0.15, 0.2) is 0 Å². The Balaban J connectivity index is 1.87. The number of benzene rings is 2. The summed E-state index contributed by atoms with van der Waals surface area (Å²) in [5.41, 5.74) is 0.797. The molecule has 3 rings (SSSR count). The first-order valence-corrected chi connectivity index (χ1v) is 10.0. The molecule has 0 aliphatic rings. The lowest BCUT2D eigenvalue weighted by molar-refractivity contribution is -0.308. The van der Waals surface area contributed by atoms with Crippen molar-refractivity contribution in [2.75, 3.05) is 14.2 Å². The number of ether oxygens (including phenoxy) is 2. The van der Waals surface area contributed by atoms with Crippen LogP contribution in [-0.4, -0.2) is 32.1 Å². The Morgan fingerprint density at radius 1 is 1.16 bits per heavy atom. The van der Waals surface area contributed by atoms with Crippen molar-refractivity contribution in [2.45, 2.75) is 25.8 Å². The summed E-state index contributed by atoms with van der Waals surface area (Å²) >= 11 is 5.84. The zero-order chi connectivity index (χ0) is 23.4. The summed E-state index contributed by atoms with van der Waals surface area (Å²) in [7, 11) is 2.94. The number of fused-ring (bicyclic) bond motifs is 1. The fourth-order valence-corrected chi connectivity index (χ4v) is 3.55. The van der Waals surface area contributed by atoms with Crippen molar-refractivity contribution in [1.82, 2.24) is 5.32 Å². The Morgan fingerprint density at radius 3 is 2.44 bits per heavy atom. The fourth-order valence-electron chi connectivity index (χ4n) is 3.42. The quantitative estimate of drug-likeness (QED) is 0.511. The second-order valence-corrected chi connectivity index (χ2v) is 7.58. The van der Waals surface area contributed by atoms with E-state index in [9.17, 15) is 19.5 Å². The summed E-state index contributed by atoms with van der Waals surface area (Å²) in [4.78, 5) is 36.7. The number of halogens is 1. The fraction of sp³-hybridized carbons (Fsp3) is 0.261. The van der Waals surface area contributed by atoms with Gasteiger partial charge in [-0.1, -0.05) is 23.7 Å². The number of nitrogens with one attached hydrogen (secondary N) is 1. The van der Waals surface area contributed by atoms with Crippen molar-refractivity contribution in [3.63, 3.8) is 0 Å². The van der Waals surface area contributed by atoms with Gasteiger partial charge in [-0.05, 0) is 36.6 Å². The molecule has 3 aromatic rings. The number of aryl methyl sites for hydroxylation is 1. The van der Waals surface area contributed by atoms with Crippen LogP contribution in [-0.2, 0) is 22.4 Å². The summed E-state index contributed by atoms with van der Waals surface area (Å²) < 4.78 is 16.0. The molecular weight excluding hydrogens is 438 g/mol.